The number of hydrogen-bond donors (Lipinski definition) is 1. The molecule has 1 N–H and O–H groups in total. The van der Waals surface area contributed by atoms with Gasteiger partial charge in [0.25, 0.3) is 0 Å². The molecule has 1 rings (SSSR count). The Labute approximate surface area is 108 Å². The molecule has 2 nitrogen and oxygen atoms in total. The molecule has 17 heavy (non-hydrogen) atoms. The topological polar surface area (TPSA) is 21.3 Å². The van der Waals surface area contributed by atoms with Crippen LogP contribution in [0.3, 0.4) is 0 Å². The second kappa shape index (κ2) is 8.10. The van der Waals surface area contributed by atoms with Crippen molar-refractivity contribution < 1.29 is 4.74 Å². The van der Waals surface area contributed by atoms with E-state index in [0.29, 0.717) is 12.1 Å². The number of nitrogens with one attached hydrogen (secondary N) is 1. The van der Waals surface area contributed by atoms with E-state index in [1.54, 1.807) is 0 Å². The highest BCUT2D eigenvalue weighted by atomic mass is 16.5. The lowest BCUT2D eigenvalue weighted by Crippen LogP contribution is -2.40. The first-order valence-corrected chi connectivity index (χ1v) is 7.48. The lowest BCUT2D eigenvalue weighted by molar-refractivity contribution is 0.0274. The molecular formula is C15H31NO. The Morgan fingerprint density at radius 1 is 1.18 bits per heavy atom. The molecule has 0 heterocycles. The maximum Gasteiger partial charge on any atom is 0.0625 e. The minimum atomic E-state index is 0.401. The van der Waals surface area contributed by atoms with Gasteiger partial charge in [-0.25, -0.2) is 0 Å². The SMILES string of the molecule is CCNC(COC(C)CC(C)C)C1CCCC1. The van der Waals surface area contributed by atoms with Gasteiger partial charge in [0.2, 0.25) is 0 Å². The Balaban J connectivity index is 2.28. The van der Waals surface area contributed by atoms with E-state index >= 15 is 0 Å². The van der Waals surface area contributed by atoms with Gasteiger partial charge in [0.05, 0.1) is 12.7 Å². The number of hydrogen-bond acceptors (Lipinski definition) is 2. The van der Waals surface area contributed by atoms with Crippen molar-refractivity contribution in [1.29, 1.82) is 0 Å². The molecule has 2 heteroatoms. The van der Waals surface area contributed by atoms with Crippen LogP contribution in [-0.2, 0) is 4.74 Å². The summed E-state index contributed by atoms with van der Waals surface area (Å²) in [5, 5.41) is 3.61. The van der Waals surface area contributed by atoms with E-state index in [1.165, 1.54) is 32.1 Å². The van der Waals surface area contributed by atoms with Crippen molar-refractivity contribution in [3.05, 3.63) is 0 Å². The molecule has 1 fully saturated rings. The van der Waals surface area contributed by atoms with Crippen LogP contribution >= 0.6 is 0 Å². The van der Waals surface area contributed by atoms with Gasteiger partial charge < -0.3 is 10.1 Å². The zero-order chi connectivity index (χ0) is 12.7. The van der Waals surface area contributed by atoms with Gasteiger partial charge in [0, 0.05) is 6.04 Å². The lowest BCUT2D eigenvalue weighted by atomic mass is 9.98. The van der Waals surface area contributed by atoms with Crippen molar-refractivity contribution in [1.82, 2.24) is 5.32 Å². The van der Waals surface area contributed by atoms with E-state index < -0.39 is 0 Å². The first-order valence-electron chi connectivity index (χ1n) is 7.48. The van der Waals surface area contributed by atoms with Crippen molar-refractivity contribution in [2.75, 3.05) is 13.2 Å². The second-order valence-corrected chi connectivity index (χ2v) is 5.98. The van der Waals surface area contributed by atoms with Crippen LogP contribution in [0, 0.1) is 11.8 Å². The summed E-state index contributed by atoms with van der Waals surface area (Å²) < 4.78 is 6.02. The molecule has 1 aliphatic rings. The Kier molecular flexibility index (Phi) is 7.14. The van der Waals surface area contributed by atoms with Gasteiger partial charge in [-0.15, -0.1) is 0 Å². The fourth-order valence-corrected chi connectivity index (χ4v) is 2.98. The zero-order valence-corrected chi connectivity index (χ0v) is 12.2. The maximum absolute atomic E-state index is 6.02. The molecule has 0 spiro atoms. The van der Waals surface area contributed by atoms with Gasteiger partial charge in [0.15, 0.2) is 0 Å². The molecule has 1 aliphatic carbocycles. The van der Waals surface area contributed by atoms with E-state index in [4.69, 9.17) is 4.74 Å². The first kappa shape index (κ1) is 15.0. The highest BCUT2D eigenvalue weighted by Crippen LogP contribution is 2.28. The fraction of sp³-hybridized carbons (Fsp3) is 1.00. The van der Waals surface area contributed by atoms with E-state index in [0.717, 1.165) is 25.0 Å². The summed E-state index contributed by atoms with van der Waals surface area (Å²) >= 11 is 0. The molecule has 0 saturated heterocycles. The van der Waals surface area contributed by atoms with E-state index in [-0.39, 0.29) is 0 Å². The van der Waals surface area contributed by atoms with Crippen molar-refractivity contribution in [2.24, 2.45) is 11.8 Å². The van der Waals surface area contributed by atoms with Crippen LogP contribution < -0.4 is 5.32 Å². The predicted molar refractivity (Wildman–Crippen MR) is 74.3 cm³/mol. The molecule has 0 aromatic carbocycles. The fourth-order valence-electron chi connectivity index (χ4n) is 2.98. The van der Waals surface area contributed by atoms with Crippen LogP contribution in [0.15, 0.2) is 0 Å². The summed E-state index contributed by atoms with van der Waals surface area (Å²) in [5.41, 5.74) is 0. The van der Waals surface area contributed by atoms with Gasteiger partial charge in [0.1, 0.15) is 0 Å². The van der Waals surface area contributed by atoms with E-state index in [1.807, 2.05) is 0 Å². The average Bonchev–Trinajstić information content (AvgIpc) is 2.76. The monoisotopic (exact) mass is 241 g/mol. The number of rotatable bonds is 8. The third kappa shape index (κ3) is 5.87. The Hall–Kier alpha value is -0.0800. The third-order valence-electron chi connectivity index (χ3n) is 3.80. The van der Waals surface area contributed by atoms with Gasteiger partial charge in [-0.3, -0.25) is 0 Å². The smallest absolute Gasteiger partial charge is 0.0625 e. The Bertz CT molecular complexity index is 187. The first-order chi connectivity index (χ1) is 8.13. The van der Waals surface area contributed by atoms with E-state index in [2.05, 4.69) is 33.0 Å². The molecule has 0 aliphatic heterocycles. The molecule has 102 valence electrons. The summed E-state index contributed by atoms with van der Waals surface area (Å²) in [6, 6.07) is 0.581. The predicted octanol–water partition coefficient (Wildman–Crippen LogP) is 3.61. The summed E-state index contributed by atoms with van der Waals surface area (Å²) in [6.07, 6.45) is 7.17. The summed E-state index contributed by atoms with van der Waals surface area (Å²) in [6.45, 7) is 10.9. The van der Waals surface area contributed by atoms with E-state index in [9.17, 15) is 0 Å². The highest BCUT2D eigenvalue weighted by molar-refractivity contribution is 4.80. The normalized spacial score (nSPS) is 21.0. The molecule has 0 aromatic heterocycles. The molecule has 0 amide bonds. The summed E-state index contributed by atoms with van der Waals surface area (Å²) in [7, 11) is 0. The molecule has 0 aromatic rings. The van der Waals surface area contributed by atoms with Crippen LogP contribution in [0.2, 0.25) is 0 Å². The van der Waals surface area contributed by atoms with Crippen molar-refractivity contribution in [3.63, 3.8) is 0 Å². The third-order valence-corrected chi connectivity index (χ3v) is 3.80. The average molecular weight is 241 g/mol. The standard InChI is InChI=1S/C15H31NO/c1-5-16-15(14-8-6-7-9-14)11-17-13(4)10-12(2)3/h12-16H,5-11H2,1-4H3. The second-order valence-electron chi connectivity index (χ2n) is 5.98. The van der Waals surface area contributed by atoms with Crippen molar-refractivity contribution in [3.8, 4) is 0 Å². The quantitative estimate of drug-likeness (QED) is 0.701. The van der Waals surface area contributed by atoms with Crippen LogP contribution in [0.25, 0.3) is 0 Å². The molecule has 2 unspecified atom stereocenters. The molecule has 1 saturated carbocycles. The Morgan fingerprint density at radius 3 is 2.35 bits per heavy atom. The molecule has 0 bridgehead atoms. The van der Waals surface area contributed by atoms with Crippen molar-refractivity contribution in [2.45, 2.75) is 71.9 Å². The lowest BCUT2D eigenvalue weighted by Gasteiger charge is -2.26. The van der Waals surface area contributed by atoms with Crippen LogP contribution in [0.5, 0.6) is 0 Å². The number of likely N-dealkylation sites (N-methyl/N-ethyl adjacent to an activating group) is 1. The van der Waals surface area contributed by atoms with Crippen LogP contribution in [0.1, 0.15) is 59.8 Å². The largest absolute Gasteiger partial charge is 0.377 e. The molecule has 2 atom stereocenters. The molecule has 0 radical (unpaired) electrons. The van der Waals surface area contributed by atoms with Crippen LogP contribution in [-0.4, -0.2) is 25.3 Å². The minimum absolute atomic E-state index is 0.401. The highest BCUT2D eigenvalue weighted by Gasteiger charge is 2.24. The number of ether oxygens (including phenoxy) is 1. The minimum Gasteiger partial charge on any atom is -0.377 e. The maximum atomic E-state index is 6.02. The van der Waals surface area contributed by atoms with Crippen molar-refractivity contribution >= 4 is 0 Å². The van der Waals surface area contributed by atoms with Gasteiger partial charge in [-0.2, -0.15) is 0 Å². The van der Waals surface area contributed by atoms with Crippen LogP contribution in [0.4, 0.5) is 0 Å². The van der Waals surface area contributed by atoms with Gasteiger partial charge >= 0.3 is 0 Å². The Morgan fingerprint density at radius 2 is 1.82 bits per heavy atom. The summed E-state index contributed by atoms with van der Waals surface area (Å²) in [4.78, 5) is 0. The zero-order valence-electron chi connectivity index (χ0n) is 12.2. The summed E-state index contributed by atoms with van der Waals surface area (Å²) in [5.74, 6) is 1.58. The van der Waals surface area contributed by atoms with Gasteiger partial charge in [-0.05, 0) is 44.6 Å². The molecular weight excluding hydrogens is 210 g/mol. The van der Waals surface area contributed by atoms with Gasteiger partial charge in [-0.1, -0.05) is 33.6 Å².